The molecule has 1 atom stereocenters. The number of nitrogens with one attached hydrogen (secondary N) is 1. The summed E-state index contributed by atoms with van der Waals surface area (Å²) in [6.45, 7) is 1.09. The first-order valence-electron chi connectivity index (χ1n) is 8.26. The van der Waals surface area contributed by atoms with Crippen molar-refractivity contribution in [2.24, 2.45) is 0 Å². The third kappa shape index (κ3) is 4.46. The van der Waals surface area contributed by atoms with Gasteiger partial charge < -0.3 is 9.80 Å². The lowest BCUT2D eigenvalue weighted by Gasteiger charge is -2.36. The average molecular weight is 372 g/mol. The van der Waals surface area contributed by atoms with Crippen LogP contribution in [-0.2, 0) is 16.0 Å². The second-order valence-electron chi connectivity index (χ2n) is 6.51. The van der Waals surface area contributed by atoms with Gasteiger partial charge in [-0.05, 0) is 17.7 Å². The predicted molar refractivity (Wildman–Crippen MR) is 89.7 cm³/mol. The monoisotopic (exact) mass is 371 g/mol. The van der Waals surface area contributed by atoms with E-state index in [9.17, 15) is 18.4 Å². The number of alkyl halides is 2. The Morgan fingerprint density at radius 2 is 1.88 bits per heavy atom. The number of carbonyl (C=O) groups excluding carboxylic acids is 2. The summed E-state index contributed by atoms with van der Waals surface area (Å²) in [6.07, 6.45) is -0.204. The maximum Gasteiger partial charge on any atom is 0.262 e. The van der Waals surface area contributed by atoms with E-state index >= 15 is 0 Å². The number of rotatable bonds is 3. The SMILES string of the molecule is O=C(Cc1cccc(Cl)c1)N1CCN(C(=O)C2CC(F)(F)CN2)CC1. The maximum atomic E-state index is 13.2. The lowest BCUT2D eigenvalue weighted by molar-refractivity contribution is -0.140. The highest BCUT2D eigenvalue weighted by atomic mass is 35.5. The van der Waals surface area contributed by atoms with Gasteiger partial charge in [-0.15, -0.1) is 0 Å². The van der Waals surface area contributed by atoms with Crippen LogP contribution in [-0.4, -0.2) is 66.3 Å². The summed E-state index contributed by atoms with van der Waals surface area (Å²) in [6, 6.07) is 6.32. The van der Waals surface area contributed by atoms with Crippen LogP contribution in [0.4, 0.5) is 8.78 Å². The topological polar surface area (TPSA) is 52.7 Å². The number of hydrogen-bond acceptors (Lipinski definition) is 3. The van der Waals surface area contributed by atoms with Gasteiger partial charge in [-0.25, -0.2) is 8.78 Å². The second kappa shape index (κ2) is 7.25. The van der Waals surface area contributed by atoms with Gasteiger partial charge in [0, 0.05) is 37.6 Å². The number of amides is 2. The van der Waals surface area contributed by atoms with Crippen molar-refractivity contribution in [1.82, 2.24) is 15.1 Å². The standard InChI is InChI=1S/C17H20ClF2N3O2/c18-13-3-1-2-12(8-13)9-15(24)22-4-6-23(7-5-22)16(25)14-10-17(19,20)11-21-14/h1-3,8,14,21H,4-7,9-11H2. The molecule has 0 aliphatic carbocycles. The van der Waals surface area contributed by atoms with Crippen molar-refractivity contribution < 1.29 is 18.4 Å². The molecule has 2 heterocycles. The molecular weight excluding hydrogens is 352 g/mol. The highest BCUT2D eigenvalue weighted by molar-refractivity contribution is 6.30. The zero-order chi connectivity index (χ0) is 18.0. The molecule has 0 bridgehead atoms. The summed E-state index contributed by atoms with van der Waals surface area (Å²) >= 11 is 5.92. The Morgan fingerprint density at radius 1 is 1.20 bits per heavy atom. The highest BCUT2D eigenvalue weighted by Crippen LogP contribution is 2.26. The third-order valence-corrected chi connectivity index (χ3v) is 4.83. The molecule has 0 aromatic heterocycles. The minimum Gasteiger partial charge on any atom is -0.339 e. The van der Waals surface area contributed by atoms with Gasteiger partial charge in [-0.3, -0.25) is 14.9 Å². The summed E-state index contributed by atoms with van der Waals surface area (Å²) in [5, 5.41) is 3.17. The van der Waals surface area contributed by atoms with E-state index in [1.165, 1.54) is 0 Å². The van der Waals surface area contributed by atoms with Crippen LogP contribution in [0.15, 0.2) is 24.3 Å². The Bertz CT molecular complexity index is 663. The van der Waals surface area contributed by atoms with Crippen molar-refractivity contribution in [2.45, 2.75) is 24.8 Å². The molecule has 2 aliphatic rings. The van der Waals surface area contributed by atoms with E-state index in [0.29, 0.717) is 31.2 Å². The fourth-order valence-electron chi connectivity index (χ4n) is 3.22. The maximum absolute atomic E-state index is 13.2. The van der Waals surface area contributed by atoms with Gasteiger partial charge in [0.25, 0.3) is 5.92 Å². The molecule has 1 aromatic carbocycles. The minimum atomic E-state index is -2.82. The van der Waals surface area contributed by atoms with E-state index in [2.05, 4.69) is 5.32 Å². The van der Waals surface area contributed by atoms with E-state index in [1.54, 1.807) is 28.0 Å². The molecule has 2 amide bonds. The molecule has 1 N–H and O–H groups in total. The third-order valence-electron chi connectivity index (χ3n) is 4.60. The minimum absolute atomic E-state index is 0.0279. The summed E-state index contributed by atoms with van der Waals surface area (Å²) in [4.78, 5) is 27.9. The quantitative estimate of drug-likeness (QED) is 0.877. The van der Waals surface area contributed by atoms with Gasteiger partial charge in [-0.1, -0.05) is 23.7 Å². The molecule has 0 spiro atoms. The van der Waals surface area contributed by atoms with Gasteiger partial charge in [-0.2, -0.15) is 0 Å². The smallest absolute Gasteiger partial charge is 0.262 e. The predicted octanol–water partition coefficient (Wildman–Crippen LogP) is 1.55. The van der Waals surface area contributed by atoms with Crippen molar-refractivity contribution in [3.05, 3.63) is 34.9 Å². The Hall–Kier alpha value is -1.73. The van der Waals surface area contributed by atoms with Gasteiger partial charge in [0.2, 0.25) is 11.8 Å². The molecule has 0 saturated carbocycles. The van der Waals surface area contributed by atoms with Crippen LogP contribution in [0, 0.1) is 0 Å². The summed E-state index contributed by atoms with van der Waals surface area (Å²) < 4.78 is 26.5. The van der Waals surface area contributed by atoms with Gasteiger partial charge >= 0.3 is 0 Å². The first-order valence-corrected chi connectivity index (χ1v) is 8.64. The first kappa shape index (κ1) is 18.1. The van der Waals surface area contributed by atoms with Crippen LogP contribution < -0.4 is 5.32 Å². The lowest BCUT2D eigenvalue weighted by atomic mass is 10.1. The second-order valence-corrected chi connectivity index (χ2v) is 6.94. The van der Waals surface area contributed by atoms with E-state index in [-0.39, 0.29) is 18.2 Å². The van der Waals surface area contributed by atoms with Gasteiger partial charge in [0.05, 0.1) is 19.0 Å². The fourth-order valence-corrected chi connectivity index (χ4v) is 3.43. The average Bonchev–Trinajstić information content (AvgIpc) is 2.94. The zero-order valence-electron chi connectivity index (χ0n) is 13.7. The Labute approximate surface area is 149 Å². The molecule has 1 unspecified atom stereocenters. The molecule has 8 heteroatoms. The first-order chi connectivity index (χ1) is 11.8. The fraction of sp³-hybridized carbons (Fsp3) is 0.529. The molecule has 25 heavy (non-hydrogen) atoms. The molecular formula is C17H20ClF2N3O2. The largest absolute Gasteiger partial charge is 0.339 e. The van der Waals surface area contributed by atoms with Gasteiger partial charge in [0.15, 0.2) is 0 Å². The zero-order valence-corrected chi connectivity index (χ0v) is 14.4. The van der Waals surface area contributed by atoms with E-state index in [4.69, 9.17) is 11.6 Å². The molecule has 2 fully saturated rings. The van der Waals surface area contributed by atoms with Crippen LogP contribution in [0.1, 0.15) is 12.0 Å². The highest BCUT2D eigenvalue weighted by Gasteiger charge is 2.43. The Kier molecular flexibility index (Phi) is 5.24. The molecule has 1 aromatic rings. The molecule has 136 valence electrons. The van der Waals surface area contributed by atoms with Crippen molar-refractivity contribution in [1.29, 1.82) is 0 Å². The normalized spacial score (nSPS) is 22.9. The van der Waals surface area contributed by atoms with Crippen molar-refractivity contribution in [2.75, 3.05) is 32.7 Å². The summed E-state index contributed by atoms with van der Waals surface area (Å²) in [7, 11) is 0. The van der Waals surface area contributed by atoms with Gasteiger partial charge in [0.1, 0.15) is 0 Å². The number of carbonyl (C=O) groups is 2. The van der Waals surface area contributed by atoms with E-state index < -0.39 is 24.9 Å². The van der Waals surface area contributed by atoms with Crippen LogP contribution in [0.5, 0.6) is 0 Å². The molecule has 5 nitrogen and oxygen atoms in total. The van der Waals surface area contributed by atoms with Crippen LogP contribution in [0.25, 0.3) is 0 Å². The van der Waals surface area contributed by atoms with Crippen molar-refractivity contribution >= 4 is 23.4 Å². The lowest BCUT2D eigenvalue weighted by Crippen LogP contribution is -2.54. The molecule has 3 rings (SSSR count). The van der Waals surface area contributed by atoms with E-state index in [0.717, 1.165) is 5.56 Å². The number of piperazine rings is 1. The molecule has 2 aliphatic heterocycles. The molecule has 2 saturated heterocycles. The number of benzene rings is 1. The van der Waals surface area contributed by atoms with Crippen LogP contribution >= 0.6 is 11.6 Å². The summed E-state index contributed by atoms with van der Waals surface area (Å²) in [5.41, 5.74) is 0.841. The number of halogens is 3. The van der Waals surface area contributed by atoms with Crippen LogP contribution in [0.2, 0.25) is 5.02 Å². The molecule has 0 radical (unpaired) electrons. The number of hydrogen-bond donors (Lipinski definition) is 1. The van der Waals surface area contributed by atoms with Crippen molar-refractivity contribution in [3.63, 3.8) is 0 Å². The Balaban J connectivity index is 1.50. The summed E-state index contributed by atoms with van der Waals surface area (Å²) in [5.74, 6) is -3.16. The van der Waals surface area contributed by atoms with Crippen molar-refractivity contribution in [3.8, 4) is 0 Å². The number of nitrogens with zero attached hydrogens (tertiary/aromatic N) is 2. The van der Waals surface area contributed by atoms with E-state index in [1.807, 2.05) is 6.07 Å². The Morgan fingerprint density at radius 3 is 2.48 bits per heavy atom. The van der Waals surface area contributed by atoms with Crippen LogP contribution in [0.3, 0.4) is 0 Å².